The van der Waals surface area contributed by atoms with Crippen molar-refractivity contribution in [3.8, 4) is 22.8 Å². The third-order valence-electron chi connectivity index (χ3n) is 11.0. The Hall–Kier alpha value is -5.60. The number of nitrogen functional groups attached to an aromatic ring is 1. The summed E-state index contributed by atoms with van der Waals surface area (Å²) in [4.78, 5) is 63.9. The maximum atomic E-state index is 13.4. The number of hydrogen-bond acceptors (Lipinski definition) is 11. The van der Waals surface area contributed by atoms with Crippen LogP contribution in [0.5, 0.6) is 11.5 Å². The fraction of sp³-hybridized carbons (Fsp3) is 0.372. The summed E-state index contributed by atoms with van der Waals surface area (Å²) in [6, 6.07) is 22.1. The number of piperidine rings is 2. The van der Waals surface area contributed by atoms with Gasteiger partial charge in [0, 0.05) is 23.4 Å². The van der Waals surface area contributed by atoms with Crippen molar-refractivity contribution in [1.29, 1.82) is 0 Å². The molecular weight excluding hydrogens is 741 g/mol. The number of likely N-dealkylation sites (tertiary alicyclic amines) is 1. The van der Waals surface area contributed by atoms with Crippen LogP contribution < -0.4 is 15.8 Å². The molecule has 2 aromatic heterocycles. The highest BCUT2D eigenvalue weighted by molar-refractivity contribution is 7.99. The summed E-state index contributed by atoms with van der Waals surface area (Å²) in [7, 11) is 0. The number of anilines is 1. The topological polar surface area (TPSA) is 166 Å². The molecule has 0 aliphatic carbocycles. The first kappa shape index (κ1) is 38.3. The summed E-state index contributed by atoms with van der Waals surface area (Å²) in [6.45, 7) is 3.02. The van der Waals surface area contributed by atoms with E-state index in [2.05, 4.69) is 24.9 Å². The molecule has 294 valence electrons. The summed E-state index contributed by atoms with van der Waals surface area (Å²) < 4.78 is 8.06. The van der Waals surface area contributed by atoms with E-state index in [4.69, 9.17) is 15.6 Å². The summed E-state index contributed by atoms with van der Waals surface area (Å²) in [5, 5.41) is 8.14. The number of unbranched alkanes of at least 4 members (excludes halogenated alkanes) is 5. The lowest BCUT2D eigenvalue weighted by Crippen LogP contribution is -2.54. The second-order valence-electron chi connectivity index (χ2n) is 14.9. The molecule has 13 nitrogen and oxygen atoms in total. The maximum Gasteiger partial charge on any atom is 0.263 e. The summed E-state index contributed by atoms with van der Waals surface area (Å²) in [5.41, 5.74) is 9.60. The monoisotopic (exact) mass is 786 g/mol. The Morgan fingerprint density at radius 1 is 0.825 bits per heavy atom. The van der Waals surface area contributed by atoms with Crippen LogP contribution in [-0.4, -0.2) is 84.6 Å². The zero-order chi connectivity index (χ0) is 39.3. The standard InChI is InChI=1S/C43H46N8O5S/c44-39-37-38(28-17-19-31(20-18-28)56-30-13-6-5-7-14-30)48-51(40(37)46-27-45-39)29-12-11-24-49(26-29)23-8-3-1-2-4-9-25-57-34-16-10-15-32-36(34)43(55)50(42(32)54)33-21-22-35(52)47-41(33)53/h5-7,10,13-20,27,29,33H,1-4,8-9,11-12,21-26H2,(H2,44,45,46)(H,47,52,53)/t29-,33?/m1/s1. The van der Waals surface area contributed by atoms with Gasteiger partial charge >= 0.3 is 0 Å². The first-order valence-corrected chi connectivity index (χ1v) is 20.9. The van der Waals surface area contributed by atoms with E-state index in [0.717, 1.165) is 120 Å². The van der Waals surface area contributed by atoms with Crippen LogP contribution >= 0.6 is 11.8 Å². The number of imide groups is 2. The number of ether oxygens (including phenoxy) is 1. The summed E-state index contributed by atoms with van der Waals surface area (Å²) >= 11 is 1.58. The van der Waals surface area contributed by atoms with Crippen LogP contribution in [-0.2, 0) is 9.59 Å². The highest BCUT2D eigenvalue weighted by Gasteiger charge is 2.45. The number of carbonyl (C=O) groups excluding carboxylic acids is 4. The number of nitrogens with two attached hydrogens (primary N) is 1. The van der Waals surface area contributed by atoms with Crippen LogP contribution in [0, 0.1) is 0 Å². The van der Waals surface area contributed by atoms with E-state index in [1.807, 2.05) is 60.7 Å². The zero-order valence-electron chi connectivity index (χ0n) is 31.8. The minimum Gasteiger partial charge on any atom is -0.457 e. The normalized spacial score (nSPS) is 18.6. The second-order valence-corrected chi connectivity index (χ2v) is 16.0. The highest BCUT2D eigenvalue weighted by Crippen LogP contribution is 2.36. The molecular formula is C43H46N8O5S. The lowest BCUT2D eigenvalue weighted by molar-refractivity contribution is -0.136. The molecule has 2 atom stereocenters. The molecule has 2 fully saturated rings. The minimum atomic E-state index is -0.958. The Morgan fingerprint density at radius 2 is 1.60 bits per heavy atom. The maximum absolute atomic E-state index is 13.4. The van der Waals surface area contributed by atoms with E-state index >= 15 is 0 Å². The van der Waals surface area contributed by atoms with Crippen LogP contribution in [0.1, 0.15) is 91.0 Å². The third kappa shape index (κ3) is 8.28. The van der Waals surface area contributed by atoms with Crippen LogP contribution in [0.2, 0.25) is 0 Å². The number of amides is 4. The van der Waals surface area contributed by atoms with Crippen molar-refractivity contribution >= 4 is 52.2 Å². The van der Waals surface area contributed by atoms with Gasteiger partial charge in [-0.2, -0.15) is 5.10 Å². The van der Waals surface area contributed by atoms with Crippen molar-refractivity contribution < 1.29 is 23.9 Å². The first-order valence-electron chi connectivity index (χ1n) is 19.9. The Balaban J connectivity index is 0.789. The molecule has 57 heavy (non-hydrogen) atoms. The molecule has 2 saturated heterocycles. The Morgan fingerprint density at radius 3 is 2.40 bits per heavy atom. The molecule has 14 heteroatoms. The fourth-order valence-corrected chi connectivity index (χ4v) is 9.21. The molecule has 3 aliphatic rings. The number of aromatic nitrogens is 4. The molecule has 5 heterocycles. The van der Waals surface area contributed by atoms with Gasteiger partial charge in [-0.3, -0.25) is 29.4 Å². The van der Waals surface area contributed by atoms with Gasteiger partial charge in [-0.05, 0) is 99.5 Å². The van der Waals surface area contributed by atoms with E-state index in [0.29, 0.717) is 16.9 Å². The average molecular weight is 787 g/mol. The van der Waals surface area contributed by atoms with Gasteiger partial charge in [-0.25, -0.2) is 14.6 Å². The predicted molar refractivity (Wildman–Crippen MR) is 218 cm³/mol. The van der Waals surface area contributed by atoms with Gasteiger partial charge in [0.1, 0.15) is 35.4 Å². The average Bonchev–Trinajstić information content (AvgIpc) is 3.74. The SMILES string of the molecule is Nc1ncnc2c1c(-c1ccc(Oc3ccccc3)cc1)nn2[C@@H]1CCCN(CCCCCCCCSc2cccc3c2C(=O)N(C2CCC(=O)NC2=O)C3=O)C1. The fourth-order valence-electron chi connectivity index (χ4n) is 8.12. The van der Waals surface area contributed by atoms with Crippen molar-refractivity contribution in [2.75, 3.05) is 31.1 Å². The van der Waals surface area contributed by atoms with Crippen LogP contribution in [0.25, 0.3) is 22.3 Å². The van der Waals surface area contributed by atoms with Crippen molar-refractivity contribution in [2.45, 2.75) is 81.2 Å². The van der Waals surface area contributed by atoms with Crippen LogP contribution in [0.15, 0.2) is 84.0 Å². The molecule has 3 aliphatic heterocycles. The molecule has 3 aromatic carbocycles. The largest absolute Gasteiger partial charge is 0.457 e. The molecule has 0 spiro atoms. The Kier molecular flexibility index (Phi) is 11.6. The van der Waals surface area contributed by atoms with Crippen molar-refractivity contribution in [1.82, 2.24) is 34.9 Å². The molecule has 1 unspecified atom stereocenters. The molecule has 0 radical (unpaired) electrons. The third-order valence-corrected chi connectivity index (χ3v) is 12.2. The van der Waals surface area contributed by atoms with E-state index in [-0.39, 0.29) is 24.8 Å². The van der Waals surface area contributed by atoms with E-state index in [9.17, 15) is 19.2 Å². The number of thioether (sulfide) groups is 1. The van der Waals surface area contributed by atoms with Gasteiger partial charge in [-0.15, -0.1) is 11.8 Å². The lowest BCUT2D eigenvalue weighted by atomic mass is 10.0. The summed E-state index contributed by atoms with van der Waals surface area (Å²) in [5.74, 6) is 0.878. The highest BCUT2D eigenvalue weighted by atomic mass is 32.2. The number of nitrogens with one attached hydrogen (secondary N) is 1. The number of nitrogens with zero attached hydrogens (tertiary/aromatic N) is 6. The molecule has 3 N–H and O–H groups in total. The number of benzene rings is 3. The van der Waals surface area contributed by atoms with Crippen LogP contribution in [0.3, 0.4) is 0 Å². The van der Waals surface area contributed by atoms with Gasteiger partial charge in [0.2, 0.25) is 11.8 Å². The second kappa shape index (κ2) is 17.3. The first-order chi connectivity index (χ1) is 27.9. The number of fused-ring (bicyclic) bond motifs is 2. The van der Waals surface area contributed by atoms with E-state index in [1.54, 1.807) is 23.9 Å². The molecule has 5 aromatic rings. The predicted octanol–water partition coefficient (Wildman–Crippen LogP) is 7.04. The van der Waals surface area contributed by atoms with Gasteiger partial charge in [0.15, 0.2) is 5.65 Å². The van der Waals surface area contributed by atoms with Crippen molar-refractivity contribution in [3.63, 3.8) is 0 Å². The number of hydrogen-bond donors (Lipinski definition) is 2. The Bertz CT molecular complexity index is 2280. The van der Waals surface area contributed by atoms with Crippen molar-refractivity contribution in [2.24, 2.45) is 0 Å². The van der Waals surface area contributed by atoms with E-state index in [1.165, 1.54) is 6.33 Å². The smallest absolute Gasteiger partial charge is 0.263 e. The van der Waals surface area contributed by atoms with Crippen LogP contribution in [0.4, 0.5) is 5.82 Å². The Labute approximate surface area is 335 Å². The lowest BCUT2D eigenvalue weighted by Gasteiger charge is -2.33. The van der Waals surface area contributed by atoms with Gasteiger partial charge in [-0.1, -0.05) is 49.9 Å². The number of para-hydroxylation sites is 1. The van der Waals surface area contributed by atoms with Gasteiger partial charge < -0.3 is 15.4 Å². The van der Waals surface area contributed by atoms with Crippen molar-refractivity contribution in [3.05, 3.63) is 90.3 Å². The quantitative estimate of drug-likeness (QED) is 0.0635. The zero-order valence-corrected chi connectivity index (χ0v) is 32.6. The molecule has 0 saturated carbocycles. The minimum absolute atomic E-state index is 0.102. The number of carbonyl (C=O) groups is 4. The van der Waals surface area contributed by atoms with Gasteiger partial charge in [0.25, 0.3) is 11.8 Å². The molecule has 0 bridgehead atoms. The molecule has 8 rings (SSSR count). The number of rotatable bonds is 15. The van der Waals surface area contributed by atoms with E-state index < -0.39 is 23.8 Å². The van der Waals surface area contributed by atoms with Gasteiger partial charge in [0.05, 0.1) is 22.6 Å². The molecule has 4 amide bonds. The summed E-state index contributed by atoms with van der Waals surface area (Å²) in [6.07, 6.45) is 10.6.